The zero-order valence-electron chi connectivity index (χ0n) is 10.7. The van der Waals surface area contributed by atoms with Crippen molar-refractivity contribution in [3.8, 4) is 0 Å². The number of rotatable bonds is 7. The van der Waals surface area contributed by atoms with Gasteiger partial charge in [-0.05, 0) is 18.3 Å². The van der Waals surface area contributed by atoms with Gasteiger partial charge in [-0.2, -0.15) is 0 Å². The summed E-state index contributed by atoms with van der Waals surface area (Å²) >= 11 is 0. The Morgan fingerprint density at radius 2 is 2.05 bits per heavy atom. The third kappa shape index (κ3) is 2.87. The van der Waals surface area contributed by atoms with Crippen LogP contribution in [0, 0.1) is 23.7 Å². The molecule has 0 unspecified atom stereocenters. The summed E-state index contributed by atoms with van der Waals surface area (Å²) in [5, 5.41) is 12.0. The average molecular weight is 265 g/mol. The minimum absolute atomic E-state index is 0.00951. The molecule has 0 heterocycles. The molecule has 4 atom stereocenters. The lowest BCUT2D eigenvalue weighted by Gasteiger charge is -2.23. The van der Waals surface area contributed by atoms with E-state index in [1.54, 1.807) is 6.08 Å². The number of nitrogens with one attached hydrogen (secondary N) is 1. The molecule has 5 nitrogen and oxygen atoms in total. The second-order valence-corrected chi connectivity index (χ2v) is 4.99. The maximum Gasteiger partial charge on any atom is 0.307 e. The van der Waals surface area contributed by atoms with Crippen molar-refractivity contribution < 1.29 is 19.4 Å². The van der Waals surface area contributed by atoms with Crippen LogP contribution in [0.5, 0.6) is 0 Å². The zero-order chi connectivity index (χ0) is 13.8. The van der Waals surface area contributed by atoms with E-state index in [0.29, 0.717) is 19.8 Å². The van der Waals surface area contributed by atoms with Gasteiger partial charge in [-0.15, -0.1) is 6.58 Å². The van der Waals surface area contributed by atoms with E-state index >= 15 is 0 Å². The lowest BCUT2D eigenvalue weighted by molar-refractivity contribution is -0.147. The van der Waals surface area contributed by atoms with Crippen LogP contribution in [-0.4, -0.2) is 36.7 Å². The number of amides is 1. The smallest absolute Gasteiger partial charge is 0.307 e. The van der Waals surface area contributed by atoms with Gasteiger partial charge in [0.25, 0.3) is 0 Å². The highest BCUT2D eigenvalue weighted by Crippen LogP contribution is 2.48. The average Bonchev–Trinajstić information content (AvgIpc) is 2.98. The van der Waals surface area contributed by atoms with Gasteiger partial charge in [0, 0.05) is 6.54 Å². The maximum atomic E-state index is 12.1. The number of aliphatic carboxylic acids is 1. The summed E-state index contributed by atoms with van der Waals surface area (Å²) in [5.41, 5.74) is 0. The monoisotopic (exact) mass is 265 g/mol. The second-order valence-electron chi connectivity index (χ2n) is 4.99. The summed E-state index contributed by atoms with van der Waals surface area (Å²) in [4.78, 5) is 23.4. The van der Waals surface area contributed by atoms with Crippen molar-refractivity contribution in [1.29, 1.82) is 0 Å². The van der Waals surface area contributed by atoms with Crippen molar-refractivity contribution in [3.05, 3.63) is 24.8 Å². The fourth-order valence-electron chi connectivity index (χ4n) is 3.05. The molecule has 0 radical (unpaired) electrons. The molecule has 1 saturated carbocycles. The fourth-order valence-corrected chi connectivity index (χ4v) is 3.05. The van der Waals surface area contributed by atoms with Crippen LogP contribution in [0.4, 0.5) is 0 Å². The van der Waals surface area contributed by atoms with Gasteiger partial charge >= 0.3 is 5.97 Å². The fraction of sp³-hybridized carbons (Fsp3) is 0.571. The number of hydrogen-bond donors (Lipinski definition) is 2. The minimum atomic E-state index is -0.875. The van der Waals surface area contributed by atoms with Crippen LogP contribution < -0.4 is 5.32 Å². The third-order valence-electron chi connectivity index (χ3n) is 3.83. The Balaban J connectivity index is 1.86. The molecule has 0 spiro atoms. The van der Waals surface area contributed by atoms with Gasteiger partial charge in [0.05, 0.1) is 25.0 Å². The summed E-state index contributed by atoms with van der Waals surface area (Å²) < 4.78 is 5.17. The summed E-state index contributed by atoms with van der Waals surface area (Å²) in [6.45, 7) is 4.78. The van der Waals surface area contributed by atoms with Crippen molar-refractivity contribution in [3.63, 3.8) is 0 Å². The highest BCUT2D eigenvalue weighted by Gasteiger charge is 2.51. The molecule has 0 saturated heterocycles. The van der Waals surface area contributed by atoms with E-state index in [0.717, 1.165) is 6.42 Å². The summed E-state index contributed by atoms with van der Waals surface area (Å²) in [6, 6.07) is 0. The highest BCUT2D eigenvalue weighted by atomic mass is 16.5. The molecule has 1 fully saturated rings. The standard InChI is InChI=1S/C14H19NO4/c1-2-6-19-7-5-15-13(16)11-9-3-4-10(8-9)12(11)14(17)18/h2-4,9-12H,1,5-8H2,(H,15,16)(H,17,18)/t9-,10+,11+,12+/m1/s1. The Morgan fingerprint density at radius 3 is 2.68 bits per heavy atom. The van der Waals surface area contributed by atoms with Crippen LogP contribution in [0.2, 0.25) is 0 Å². The van der Waals surface area contributed by atoms with Gasteiger partial charge in [-0.1, -0.05) is 18.2 Å². The first-order valence-electron chi connectivity index (χ1n) is 6.52. The predicted octanol–water partition coefficient (Wildman–Crippen LogP) is 0.828. The summed E-state index contributed by atoms with van der Waals surface area (Å²) in [6.07, 6.45) is 6.33. The largest absolute Gasteiger partial charge is 0.481 e. The Morgan fingerprint density at radius 1 is 1.37 bits per heavy atom. The van der Waals surface area contributed by atoms with Gasteiger partial charge in [0.2, 0.25) is 5.91 Å². The number of allylic oxidation sites excluding steroid dienone is 2. The maximum absolute atomic E-state index is 12.1. The van der Waals surface area contributed by atoms with Crippen LogP contribution in [0.3, 0.4) is 0 Å². The Labute approximate surface area is 112 Å². The number of fused-ring (bicyclic) bond motifs is 2. The number of carbonyl (C=O) groups is 2. The van der Waals surface area contributed by atoms with E-state index in [-0.39, 0.29) is 17.7 Å². The van der Waals surface area contributed by atoms with Gasteiger partial charge in [-0.25, -0.2) is 0 Å². The molecule has 104 valence electrons. The molecule has 0 aromatic carbocycles. The molecule has 5 heteroatoms. The molecule has 0 aromatic rings. The third-order valence-corrected chi connectivity index (χ3v) is 3.83. The molecular formula is C14H19NO4. The number of ether oxygens (including phenoxy) is 1. The van der Waals surface area contributed by atoms with E-state index in [4.69, 9.17) is 4.74 Å². The lowest BCUT2D eigenvalue weighted by atomic mass is 9.82. The minimum Gasteiger partial charge on any atom is -0.481 e. The summed E-state index contributed by atoms with van der Waals surface area (Å²) in [7, 11) is 0. The molecule has 0 aliphatic heterocycles. The van der Waals surface area contributed by atoms with Crippen LogP contribution in [0.15, 0.2) is 24.8 Å². The molecule has 2 bridgehead atoms. The molecule has 2 aliphatic carbocycles. The predicted molar refractivity (Wildman–Crippen MR) is 69.4 cm³/mol. The molecule has 0 aromatic heterocycles. The van der Waals surface area contributed by atoms with E-state index in [1.807, 2.05) is 12.2 Å². The van der Waals surface area contributed by atoms with E-state index in [1.165, 1.54) is 0 Å². The van der Waals surface area contributed by atoms with Crippen LogP contribution in [0.1, 0.15) is 6.42 Å². The quantitative estimate of drug-likeness (QED) is 0.528. The van der Waals surface area contributed by atoms with Gasteiger partial charge in [-0.3, -0.25) is 9.59 Å². The second kappa shape index (κ2) is 6.02. The van der Waals surface area contributed by atoms with E-state index < -0.39 is 17.8 Å². The lowest BCUT2D eigenvalue weighted by Crippen LogP contribution is -2.41. The topological polar surface area (TPSA) is 75.6 Å². The Hall–Kier alpha value is -1.62. The molecule has 2 rings (SSSR count). The Bertz CT molecular complexity index is 404. The van der Waals surface area contributed by atoms with Gasteiger partial charge in [0.15, 0.2) is 0 Å². The first-order chi connectivity index (χ1) is 9.15. The first kappa shape index (κ1) is 13.8. The van der Waals surface area contributed by atoms with Crippen LogP contribution >= 0.6 is 0 Å². The highest BCUT2D eigenvalue weighted by molar-refractivity contribution is 5.86. The van der Waals surface area contributed by atoms with Gasteiger partial charge in [0.1, 0.15) is 0 Å². The normalized spacial score (nSPS) is 31.4. The molecule has 2 aliphatic rings. The van der Waals surface area contributed by atoms with Crippen molar-refractivity contribution in [1.82, 2.24) is 5.32 Å². The number of hydrogen-bond acceptors (Lipinski definition) is 3. The molecule has 1 amide bonds. The van der Waals surface area contributed by atoms with Crippen molar-refractivity contribution in [2.24, 2.45) is 23.7 Å². The van der Waals surface area contributed by atoms with Crippen LogP contribution in [-0.2, 0) is 14.3 Å². The molecular weight excluding hydrogens is 246 g/mol. The number of carboxylic acids is 1. The van der Waals surface area contributed by atoms with Gasteiger partial charge < -0.3 is 15.2 Å². The first-order valence-corrected chi connectivity index (χ1v) is 6.52. The SMILES string of the molecule is C=CCOCCNC(=O)[C@@H]1[C@@H](C(=O)O)[C@H]2C=C[C@@H]1C2. The summed E-state index contributed by atoms with van der Waals surface area (Å²) in [5.74, 6) is -1.99. The van der Waals surface area contributed by atoms with Crippen molar-refractivity contribution >= 4 is 11.9 Å². The molecule has 19 heavy (non-hydrogen) atoms. The van der Waals surface area contributed by atoms with Crippen molar-refractivity contribution in [2.75, 3.05) is 19.8 Å². The van der Waals surface area contributed by atoms with E-state index in [2.05, 4.69) is 11.9 Å². The van der Waals surface area contributed by atoms with E-state index in [9.17, 15) is 14.7 Å². The number of carboxylic acid groups (broad SMARTS) is 1. The molecule has 2 N–H and O–H groups in total. The number of carbonyl (C=O) groups excluding carboxylic acids is 1. The van der Waals surface area contributed by atoms with Crippen molar-refractivity contribution in [2.45, 2.75) is 6.42 Å². The van der Waals surface area contributed by atoms with Crippen LogP contribution in [0.25, 0.3) is 0 Å². The Kier molecular flexibility index (Phi) is 4.37. The zero-order valence-corrected chi connectivity index (χ0v) is 10.7.